The maximum Gasteiger partial charge on any atom is 0.322 e. The van der Waals surface area contributed by atoms with Gasteiger partial charge < -0.3 is 9.15 Å². The highest BCUT2D eigenvalue weighted by Crippen LogP contribution is 2.17. The van der Waals surface area contributed by atoms with Gasteiger partial charge in [-0.05, 0) is 36.8 Å². The lowest BCUT2D eigenvalue weighted by Crippen LogP contribution is -2.14. The third-order valence-electron chi connectivity index (χ3n) is 3.73. The Bertz CT molecular complexity index is 1030. The quantitative estimate of drug-likeness (QED) is 0.617. The summed E-state index contributed by atoms with van der Waals surface area (Å²) in [6, 6.07) is 15.0. The summed E-state index contributed by atoms with van der Waals surface area (Å²) in [5.41, 5.74) is 0.785. The molecule has 0 saturated heterocycles. The average Bonchev–Trinajstić information content (AvgIpc) is 3.10. The number of hydrogen-bond acceptors (Lipinski definition) is 7. The van der Waals surface area contributed by atoms with Crippen LogP contribution in [0, 0.1) is 0 Å². The molecule has 0 bridgehead atoms. The number of nitrogens with zero attached hydrogens (tertiary/aromatic N) is 2. The zero-order valence-electron chi connectivity index (χ0n) is 15.2. The Morgan fingerprint density at radius 3 is 2.46 bits per heavy atom. The van der Waals surface area contributed by atoms with Gasteiger partial charge in [-0.15, -0.1) is 5.10 Å². The van der Waals surface area contributed by atoms with E-state index in [1.807, 2.05) is 6.92 Å². The summed E-state index contributed by atoms with van der Waals surface area (Å²) in [5.74, 6) is -0.169. The van der Waals surface area contributed by atoms with Crippen molar-refractivity contribution in [1.82, 2.24) is 10.2 Å². The molecular weight excluding hydrogens is 382 g/mol. The smallest absolute Gasteiger partial charge is 0.322 e. The topological polar surface area (TPSA) is 111 Å². The number of anilines is 1. The number of nitrogens with one attached hydrogen (secondary N) is 1. The Balaban J connectivity index is 1.59. The van der Waals surface area contributed by atoms with E-state index in [4.69, 9.17) is 9.15 Å². The Morgan fingerprint density at radius 1 is 1.07 bits per heavy atom. The molecule has 146 valence electrons. The van der Waals surface area contributed by atoms with Crippen LogP contribution in [0.2, 0.25) is 0 Å². The van der Waals surface area contributed by atoms with E-state index in [1.165, 1.54) is 12.1 Å². The van der Waals surface area contributed by atoms with Gasteiger partial charge in [-0.25, -0.2) is 8.42 Å². The van der Waals surface area contributed by atoms with Gasteiger partial charge in [0.25, 0.3) is 0 Å². The Kier molecular flexibility index (Phi) is 6.05. The second-order valence-electron chi connectivity index (χ2n) is 5.88. The summed E-state index contributed by atoms with van der Waals surface area (Å²) >= 11 is 0. The molecule has 1 heterocycles. The number of carbonyl (C=O) groups is 1. The standard InChI is InChI=1S/C19H19N3O5S/c1-2-26-15-10-8-14(9-11-15)12-17(23)20-19-22-21-18(27-19)13-28(24,25)16-6-4-3-5-7-16/h3-11H,2,12-13H2,1H3,(H,20,22,23). The van der Waals surface area contributed by atoms with Crippen LogP contribution >= 0.6 is 0 Å². The number of aromatic nitrogens is 2. The van der Waals surface area contributed by atoms with Crippen LogP contribution < -0.4 is 10.1 Å². The molecule has 0 spiro atoms. The monoisotopic (exact) mass is 401 g/mol. The largest absolute Gasteiger partial charge is 0.494 e. The number of hydrogen-bond donors (Lipinski definition) is 1. The molecule has 3 rings (SSSR count). The van der Waals surface area contributed by atoms with Crippen molar-refractivity contribution >= 4 is 21.8 Å². The molecule has 1 N–H and O–H groups in total. The summed E-state index contributed by atoms with van der Waals surface area (Å²) in [7, 11) is -3.61. The lowest BCUT2D eigenvalue weighted by Gasteiger charge is -2.04. The van der Waals surface area contributed by atoms with Gasteiger partial charge in [0.15, 0.2) is 9.84 Å². The molecule has 0 aliphatic carbocycles. The molecule has 0 radical (unpaired) electrons. The molecule has 2 aromatic carbocycles. The lowest BCUT2D eigenvalue weighted by molar-refractivity contribution is -0.115. The van der Waals surface area contributed by atoms with E-state index in [0.717, 1.165) is 11.3 Å². The summed E-state index contributed by atoms with van der Waals surface area (Å²) in [6.45, 7) is 2.46. The van der Waals surface area contributed by atoms with Gasteiger partial charge in [-0.1, -0.05) is 35.4 Å². The minimum absolute atomic E-state index is 0.0970. The fourth-order valence-corrected chi connectivity index (χ4v) is 3.64. The fraction of sp³-hybridized carbons (Fsp3) is 0.211. The van der Waals surface area contributed by atoms with E-state index in [9.17, 15) is 13.2 Å². The van der Waals surface area contributed by atoms with Gasteiger partial charge in [-0.2, -0.15) is 0 Å². The number of carbonyl (C=O) groups excluding carboxylic acids is 1. The molecule has 9 heteroatoms. The van der Waals surface area contributed by atoms with Crippen molar-refractivity contribution in [3.8, 4) is 5.75 Å². The molecule has 0 unspecified atom stereocenters. The van der Waals surface area contributed by atoms with E-state index >= 15 is 0 Å². The molecule has 1 amide bonds. The molecule has 28 heavy (non-hydrogen) atoms. The molecule has 8 nitrogen and oxygen atoms in total. The highest BCUT2D eigenvalue weighted by molar-refractivity contribution is 7.90. The highest BCUT2D eigenvalue weighted by Gasteiger charge is 2.20. The van der Waals surface area contributed by atoms with Crippen LogP contribution in [-0.2, 0) is 26.8 Å². The zero-order valence-corrected chi connectivity index (χ0v) is 16.0. The van der Waals surface area contributed by atoms with Gasteiger partial charge >= 0.3 is 6.01 Å². The van der Waals surface area contributed by atoms with E-state index < -0.39 is 15.6 Å². The Labute approximate surface area is 162 Å². The summed E-state index contributed by atoms with van der Waals surface area (Å²) in [5, 5.41) is 9.84. The first-order valence-corrected chi connectivity index (χ1v) is 10.2. The highest BCUT2D eigenvalue weighted by atomic mass is 32.2. The van der Waals surface area contributed by atoms with Crippen molar-refractivity contribution in [2.24, 2.45) is 0 Å². The lowest BCUT2D eigenvalue weighted by atomic mass is 10.1. The van der Waals surface area contributed by atoms with Crippen molar-refractivity contribution in [2.75, 3.05) is 11.9 Å². The predicted molar refractivity (Wildman–Crippen MR) is 102 cm³/mol. The van der Waals surface area contributed by atoms with Crippen LogP contribution in [0.4, 0.5) is 6.01 Å². The molecule has 0 fully saturated rings. The minimum Gasteiger partial charge on any atom is -0.494 e. The number of sulfone groups is 1. The molecule has 0 saturated carbocycles. The van der Waals surface area contributed by atoms with Crippen LogP contribution in [-0.4, -0.2) is 31.1 Å². The van der Waals surface area contributed by atoms with Crippen molar-refractivity contribution < 1.29 is 22.4 Å². The fourth-order valence-electron chi connectivity index (χ4n) is 2.46. The summed E-state index contributed by atoms with van der Waals surface area (Å²) in [6.07, 6.45) is 0.104. The molecule has 0 atom stereocenters. The van der Waals surface area contributed by atoms with E-state index in [-0.39, 0.29) is 29.1 Å². The number of ether oxygens (including phenoxy) is 1. The molecule has 1 aromatic heterocycles. The van der Waals surface area contributed by atoms with E-state index in [2.05, 4.69) is 15.5 Å². The van der Waals surface area contributed by atoms with Crippen molar-refractivity contribution in [3.63, 3.8) is 0 Å². The second kappa shape index (κ2) is 8.66. The van der Waals surface area contributed by atoms with Crippen LogP contribution in [0.3, 0.4) is 0 Å². The third-order valence-corrected chi connectivity index (χ3v) is 5.35. The van der Waals surface area contributed by atoms with Crippen molar-refractivity contribution in [1.29, 1.82) is 0 Å². The maximum absolute atomic E-state index is 12.3. The van der Waals surface area contributed by atoms with Crippen molar-refractivity contribution in [2.45, 2.75) is 24.0 Å². The normalized spacial score (nSPS) is 11.2. The van der Waals surface area contributed by atoms with Gasteiger partial charge in [0.2, 0.25) is 11.8 Å². The first-order chi connectivity index (χ1) is 13.5. The molecule has 0 aliphatic rings. The SMILES string of the molecule is CCOc1ccc(CC(=O)Nc2nnc(CS(=O)(=O)c3ccccc3)o2)cc1. The summed E-state index contributed by atoms with van der Waals surface area (Å²) < 4.78 is 35.2. The van der Waals surface area contributed by atoms with E-state index in [1.54, 1.807) is 42.5 Å². The van der Waals surface area contributed by atoms with Gasteiger partial charge in [-0.3, -0.25) is 10.1 Å². The van der Waals surface area contributed by atoms with Gasteiger partial charge in [0.1, 0.15) is 11.5 Å². The van der Waals surface area contributed by atoms with Crippen molar-refractivity contribution in [3.05, 3.63) is 66.1 Å². The minimum atomic E-state index is -3.61. The van der Waals surface area contributed by atoms with Crippen LogP contribution in [0.15, 0.2) is 63.9 Å². The molecule has 0 aliphatic heterocycles. The first kappa shape index (κ1) is 19.6. The number of amides is 1. The number of benzene rings is 2. The van der Waals surface area contributed by atoms with Crippen LogP contribution in [0.5, 0.6) is 5.75 Å². The zero-order chi connectivity index (χ0) is 20.0. The third kappa shape index (κ3) is 5.17. The first-order valence-electron chi connectivity index (χ1n) is 8.58. The molecule has 3 aromatic rings. The maximum atomic E-state index is 12.3. The number of rotatable bonds is 8. The van der Waals surface area contributed by atoms with Gasteiger partial charge in [0.05, 0.1) is 17.9 Å². The average molecular weight is 401 g/mol. The molecular formula is C19H19N3O5S. The van der Waals surface area contributed by atoms with Gasteiger partial charge in [0, 0.05) is 0 Å². The van der Waals surface area contributed by atoms with E-state index in [0.29, 0.717) is 6.61 Å². The Hall–Kier alpha value is -3.20. The van der Waals surface area contributed by atoms with Crippen LogP contribution in [0.1, 0.15) is 18.4 Å². The Morgan fingerprint density at radius 2 is 1.79 bits per heavy atom. The predicted octanol–water partition coefficient (Wildman–Crippen LogP) is 2.62. The summed E-state index contributed by atoms with van der Waals surface area (Å²) in [4.78, 5) is 12.3. The second-order valence-corrected chi connectivity index (χ2v) is 7.86. The van der Waals surface area contributed by atoms with Crippen LogP contribution in [0.25, 0.3) is 0 Å².